The van der Waals surface area contributed by atoms with Gasteiger partial charge < -0.3 is 10.4 Å². The summed E-state index contributed by atoms with van der Waals surface area (Å²) in [5.74, 6) is -1.32. The molecule has 2 aromatic heterocycles. The topological polar surface area (TPSA) is 88.0 Å². The number of nitrogens with zero attached hydrogens (tertiary/aromatic N) is 3. The summed E-state index contributed by atoms with van der Waals surface area (Å²) in [6, 6.07) is 3.81. The molecule has 1 amide bonds. The van der Waals surface area contributed by atoms with Crippen LogP contribution in [0.15, 0.2) is 36.8 Å². The van der Waals surface area contributed by atoms with Crippen LogP contribution in [0.1, 0.15) is 40.4 Å². The molecular formula is C20H16ClFN4O2. The van der Waals surface area contributed by atoms with Crippen molar-refractivity contribution in [3.63, 3.8) is 0 Å². The van der Waals surface area contributed by atoms with E-state index in [-0.39, 0.29) is 27.7 Å². The summed E-state index contributed by atoms with van der Waals surface area (Å²) in [4.78, 5) is 25.0. The lowest BCUT2D eigenvalue weighted by Crippen LogP contribution is -2.14. The number of aryl methyl sites for hydroxylation is 1. The number of pyridine rings is 1. The van der Waals surface area contributed by atoms with Crippen LogP contribution in [0.5, 0.6) is 5.75 Å². The fraction of sp³-hybridized carbons (Fsp3) is 0.200. The lowest BCUT2D eigenvalue weighted by Gasteiger charge is -2.12. The summed E-state index contributed by atoms with van der Waals surface area (Å²) in [6.07, 6.45) is 6.79. The third-order valence-corrected chi connectivity index (χ3v) is 4.91. The van der Waals surface area contributed by atoms with Crippen LogP contribution in [0.4, 0.5) is 10.1 Å². The van der Waals surface area contributed by atoms with E-state index >= 15 is 0 Å². The maximum Gasteiger partial charge on any atom is 0.259 e. The Morgan fingerprint density at radius 3 is 2.68 bits per heavy atom. The molecule has 1 aliphatic rings. The second-order valence-corrected chi connectivity index (χ2v) is 7.06. The summed E-state index contributed by atoms with van der Waals surface area (Å²) < 4.78 is 14.6. The van der Waals surface area contributed by atoms with Gasteiger partial charge in [-0.1, -0.05) is 11.6 Å². The molecule has 0 bridgehead atoms. The molecule has 0 radical (unpaired) electrons. The van der Waals surface area contributed by atoms with Crippen molar-refractivity contribution in [2.45, 2.75) is 25.7 Å². The van der Waals surface area contributed by atoms with Crippen LogP contribution in [-0.4, -0.2) is 26.0 Å². The number of rotatable bonds is 4. The summed E-state index contributed by atoms with van der Waals surface area (Å²) >= 11 is 6.00. The monoisotopic (exact) mass is 398 g/mol. The molecule has 0 unspecified atom stereocenters. The van der Waals surface area contributed by atoms with Gasteiger partial charge in [-0.3, -0.25) is 14.8 Å². The number of hydrogen-bond acceptors (Lipinski definition) is 5. The van der Waals surface area contributed by atoms with E-state index in [1.165, 1.54) is 18.5 Å². The zero-order valence-electron chi connectivity index (χ0n) is 14.9. The zero-order valence-corrected chi connectivity index (χ0v) is 15.7. The number of nitrogens with one attached hydrogen (secondary N) is 1. The zero-order chi connectivity index (χ0) is 19.8. The Kier molecular flexibility index (Phi) is 4.68. The molecule has 0 aliphatic heterocycles. The predicted octanol–water partition coefficient (Wildman–Crippen LogP) is 4.47. The number of carbonyl (C=O) groups excluding carboxylic acids is 1. The Morgan fingerprint density at radius 2 is 2.04 bits per heavy atom. The van der Waals surface area contributed by atoms with E-state index in [1.807, 2.05) is 0 Å². The molecule has 2 heterocycles. The van der Waals surface area contributed by atoms with Gasteiger partial charge in [0, 0.05) is 23.9 Å². The molecular weight excluding hydrogens is 383 g/mol. The van der Waals surface area contributed by atoms with Crippen molar-refractivity contribution in [1.82, 2.24) is 15.0 Å². The largest absolute Gasteiger partial charge is 0.507 e. The van der Waals surface area contributed by atoms with Crippen LogP contribution in [-0.2, 0) is 0 Å². The first-order valence-electron chi connectivity index (χ1n) is 8.71. The second kappa shape index (κ2) is 7.16. The van der Waals surface area contributed by atoms with E-state index in [0.29, 0.717) is 17.2 Å². The van der Waals surface area contributed by atoms with Crippen molar-refractivity contribution >= 4 is 23.2 Å². The quantitative estimate of drug-likeness (QED) is 0.633. The molecule has 1 fully saturated rings. The second-order valence-electron chi connectivity index (χ2n) is 6.70. The van der Waals surface area contributed by atoms with E-state index in [4.69, 9.17) is 11.6 Å². The average molecular weight is 399 g/mol. The Bertz CT molecular complexity index is 1050. The highest BCUT2D eigenvalue weighted by Gasteiger charge is 2.25. The van der Waals surface area contributed by atoms with Crippen molar-refractivity contribution in [2.24, 2.45) is 0 Å². The number of aromatic hydroxyl groups is 1. The molecule has 2 N–H and O–H groups in total. The number of carbonyl (C=O) groups is 1. The first kappa shape index (κ1) is 18.3. The molecule has 3 aromatic rings. The van der Waals surface area contributed by atoms with Gasteiger partial charge in [0.25, 0.3) is 5.91 Å². The highest BCUT2D eigenvalue weighted by Crippen LogP contribution is 2.39. The van der Waals surface area contributed by atoms with Crippen molar-refractivity contribution < 1.29 is 14.3 Å². The Morgan fingerprint density at radius 1 is 1.25 bits per heavy atom. The number of benzene rings is 1. The minimum atomic E-state index is -0.698. The molecule has 0 atom stereocenters. The van der Waals surface area contributed by atoms with Gasteiger partial charge in [-0.25, -0.2) is 9.37 Å². The minimum Gasteiger partial charge on any atom is -0.507 e. The van der Waals surface area contributed by atoms with Crippen LogP contribution in [0.3, 0.4) is 0 Å². The molecule has 8 heteroatoms. The van der Waals surface area contributed by atoms with E-state index in [0.717, 1.165) is 24.6 Å². The standard InChI is InChI=1S/C20H16ClFN4O2/c1-10-4-5-23-19(21)18(10)26-20(28)13-6-14(22)12(7-17(13)27)16-9-24-15(8-25-16)11-2-3-11/h4-9,11,27H,2-3H2,1H3,(H,26,28). The van der Waals surface area contributed by atoms with E-state index in [9.17, 15) is 14.3 Å². The number of phenolic OH excluding ortho intramolecular Hbond substituents is 1. The smallest absolute Gasteiger partial charge is 0.259 e. The van der Waals surface area contributed by atoms with Gasteiger partial charge >= 0.3 is 0 Å². The van der Waals surface area contributed by atoms with E-state index in [1.54, 1.807) is 19.2 Å². The maximum absolute atomic E-state index is 14.6. The molecule has 28 heavy (non-hydrogen) atoms. The van der Waals surface area contributed by atoms with Gasteiger partial charge in [0.05, 0.1) is 28.8 Å². The number of amides is 1. The van der Waals surface area contributed by atoms with Gasteiger partial charge in [-0.05, 0) is 43.5 Å². The van der Waals surface area contributed by atoms with Gasteiger partial charge in [0.2, 0.25) is 0 Å². The summed E-state index contributed by atoms with van der Waals surface area (Å²) in [5, 5.41) is 13.0. The summed E-state index contributed by atoms with van der Waals surface area (Å²) in [7, 11) is 0. The highest BCUT2D eigenvalue weighted by molar-refractivity contribution is 6.33. The van der Waals surface area contributed by atoms with Gasteiger partial charge in [-0.15, -0.1) is 0 Å². The molecule has 6 nitrogen and oxygen atoms in total. The van der Waals surface area contributed by atoms with E-state index in [2.05, 4.69) is 20.3 Å². The van der Waals surface area contributed by atoms with Crippen LogP contribution >= 0.6 is 11.6 Å². The van der Waals surface area contributed by atoms with Crippen LogP contribution in [0.2, 0.25) is 5.15 Å². The number of halogens is 2. The molecule has 1 saturated carbocycles. The fourth-order valence-corrected chi connectivity index (χ4v) is 3.12. The highest BCUT2D eigenvalue weighted by atomic mass is 35.5. The van der Waals surface area contributed by atoms with Gasteiger partial charge in [-0.2, -0.15) is 0 Å². The van der Waals surface area contributed by atoms with Gasteiger partial charge in [0.1, 0.15) is 11.6 Å². The minimum absolute atomic E-state index is 0.0690. The molecule has 4 rings (SSSR count). The lowest BCUT2D eigenvalue weighted by molar-refractivity contribution is 0.102. The van der Waals surface area contributed by atoms with Crippen molar-refractivity contribution in [3.05, 3.63) is 64.6 Å². The summed E-state index contributed by atoms with van der Waals surface area (Å²) in [6.45, 7) is 1.75. The Labute approximate surface area is 165 Å². The molecule has 1 aliphatic carbocycles. The van der Waals surface area contributed by atoms with Crippen LogP contribution in [0, 0.1) is 12.7 Å². The SMILES string of the molecule is Cc1ccnc(Cl)c1NC(=O)c1cc(F)c(-c2cnc(C3CC3)cn2)cc1O. The fourth-order valence-electron chi connectivity index (χ4n) is 2.86. The molecule has 0 saturated heterocycles. The van der Waals surface area contributed by atoms with E-state index < -0.39 is 11.7 Å². The van der Waals surface area contributed by atoms with Crippen LogP contribution < -0.4 is 5.32 Å². The number of anilines is 1. The third-order valence-electron chi connectivity index (χ3n) is 4.62. The number of hydrogen-bond donors (Lipinski definition) is 2. The molecule has 0 spiro atoms. The lowest BCUT2D eigenvalue weighted by atomic mass is 10.1. The molecule has 1 aromatic carbocycles. The van der Waals surface area contributed by atoms with Gasteiger partial charge in [0.15, 0.2) is 5.15 Å². The summed E-state index contributed by atoms with van der Waals surface area (Å²) in [5.41, 5.74) is 2.02. The predicted molar refractivity (Wildman–Crippen MR) is 103 cm³/mol. The van der Waals surface area contributed by atoms with Crippen LogP contribution in [0.25, 0.3) is 11.3 Å². The number of phenols is 1. The average Bonchev–Trinajstić information content (AvgIpc) is 3.52. The van der Waals surface area contributed by atoms with Crippen molar-refractivity contribution in [1.29, 1.82) is 0 Å². The van der Waals surface area contributed by atoms with Crippen molar-refractivity contribution in [3.8, 4) is 17.0 Å². The first-order chi connectivity index (χ1) is 13.4. The maximum atomic E-state index is 14.6. The number of aromatic nitrogens is 3. The normalized spacial score (nSPS) is 13.4. The Hall–Kier alpha value is -3.06. The van der Waals surface area contributed by atoms with Crippen molar-refractivity contribution in [2.75, 3.05) is 5.32 Å². The molecule has 142 valence electrons. The third kappa shape index (κ3) is 3.53. The first-order valence-corrected chi connectivity index (χ1v) is 9.09. The Balaban J connectivity index is 1.62.